The number of nitrogens with zero attached hydrogens (tertiary/aromatic N) is 1. The van der Waals surface area contributed by atoms with Gasteiger partial charge < -0.3 is 11.1 Å². The third-order valence-corrected chi connectivity index (χ3v) is 3.54. The number of amides is 1. The molecule has 4 nitrogen and oxygen atoms in total. The van der Waals surface area contributed by atoms with Crippen molar-refractivity contribution in [3.63, 3.8) is 0 Å². The lowest BCUT2D eigenvalue weighted by atomic mass is 9.93. The summed E-state index contributed by atoms with van der Waals surface area (Å²) in [6.45, 7) is 6.06. The van der Waals surface area contributed by atoms with Crippen LogP contribution in [-0.4, -0.2) is 22.4 Å². The summed E-state index contributed by atoms with van der Waals surface area (Å²) in [5.74, 6) is -0.186. The molecule has 6 heteroatoms. The Balaban J connectivity index is 2.57. The fourth-order valence-electron chi connectivity index (χ4n) is 0.947. The molecule has 88 valence electrons. The van der Waals surface area contributed by atoms with Crippen molar-refractivity contribution in [3.05, 3.63) is 16.1 Å². The van der Waals surface area contributed by atoms with Crippen molar-refractivity contribution in [1.29, 1.82) is 0 Å². The number of carbonyl (C=O) groups is 1. The number of aryl methyl sites for hydroxylation is 1. The van der Waals surface area contributed by atoms with Crippen LogP contribution in [0.25, 0.3) is 0 Å². The first-order valence-electron chi connectivity index (χ1n) is 4.83. The van der Waals surface area contributed by atoms with Crippen LogP contribution in [0.15, 0.2) is 5.38 Å². The van der Waals surface area contributed by atoms with Crippen molar-refractivity contribution < 1.29 is 4.79 Å². The number of hydrogen-bond acceptors (Lipinski definition) is 4. The minimum atomic E-state index is -0.379. The second-order valence-electron chi connectivity index (χ2n) is 4.18. The lowest BCUT2D eigenvalue weighted by molar-refractivity contribution is 0.0940. The Labute approximate surface area is 104 Å². The van der Waals surface area contributed by atoms with E-state index < -0.39 is 0 Å². The van der Waals surface area contributed by atoms with Gasteiger partial charge in [-0.15, -0.1) is 11.3 Å². The highest BCUT2D eigenvalue weighted by Crippen LogP contribution is 2.14. The number of aromatic nitrogens is 1. The topological polar surface area (TPSA) is 68.0 Å². The Morgan fingerprint density at radius 3 is 2.75 bits per heavy atom. The van der Waals surface area contributed by atoms with Crippen LogP contribution in [0.1, 0.15) is 29.3 Å². The summed E-state index contributed by atoms with van der Waals surface area (Å²) in [4.78, 5) is 16.2. The molecule has 1 rings (SSSR count). The van der Waals surface area contributed by atoms with E-state index in [-0.39, 0.29) is 11.3 Å². The van der Waals surface area contributed by atoms with Gasteiger partial charge in [0.05, 0.1) is 10.00 Å². The predicted octanol–water partition coefficient (Wildman–Crippen LogP) is 1.49. The van der Waals surface area contributed by atoms with Crippen LogP contribution in [0.3, 0.4) is 0 Å². The zero-order valence-corrected chi connectivity index (χ0v) is 11.2. The van der Waals surface area contributed by atoms with Crippen LogP contribution in [0.4, 0.5) is 0 Å². The van der Waals surface area contributed by atoms with Gasteiger partial charge in [-0.05, 0) is 6.92 Å². The van der Waals surface area contributed by atoms with Gasteiger partial charge in [0, 0.05) is 17.3 Å². The van der Waals surface area contributed by atoms with Crippen LogP contribution in [0.2, 0.25) is 0 Å². The summed E-state index contributed by atoms with van der Waals surface area (Å²) >= 11 is 6.37. The van der Waals surface area contributed by atoms with Crippen LogP contribution in [0, 0.1) is 12.3 Å². The van der Waals surface area contributed by atoms with Gasteiger partial charge in [-0.3, -0.25) is 4.79 Å². The number of thiazole rings is 1. The molecule has 0 aliphatic rings. The van der Waals surface area contributed by atoms with E-state index in [9.17, 15) is 4.79 Å². The molecule has 1 aromatic heterocycles. The van der Waals surface area contributed by atoms with Crippen LogP contribution in [0.5, 0.6) is 0 Å². The average Bonchev–Trinajstić information content (AvgIpc) is 2.61. The maximum absolute atomic E-state index is 11.7. The largest absolute Gasteiger partial charge is 0.393 e. The molecule has 0 saturated heterocycles. The van der Waals surface area contributed by atoms with E-state index >= 15 is 0 Å². The van der Waals surface area contributed by atoms with Gasteiger partial charge in [0.1, 0.15) is 5.69 Å². The van der Waals surface area contributed by atoms with Crippen LogP contribution in [-0.2, 0) is 0 Å². The van der Waals surface area contributed by atoms with E-state index in [0.29, 0.717) is 17.2 Å². The standard InChI is InChI=1S/C10H15N3OS2/c1-6-13-7(4-16-6)8(14)12-5-10(2,3)9(11)15/h4H,5H2,1-3H3,(H2,11,15)(H,12,14). The van der Waals surface area contributed by atoms with Gasteiger partial charge in [-0.25, -0.2) is 4.98 Å². The predicted molar refractivity (Wildman–Crippen MR) is 69.8 cm³/mol. The van der Waals surface area contributed by atoms with E-state index in [1.165, 1.54) is 11.3 Å². The average molecular weight is 257 g/mol. The number of nitrogens with two attached hydrogens (primary N) is 1. The molecule has 0 saturated carbocycles. The lowest BCUT2D eigenvalue weighted by Gasteiger charge is -2.22. The van der Waals surface area contributed by atoms with E-state index in [2.05, 4.69) is 10.3 Å². The molecule has 0 aliphatic heterocycles. The van der Waals surface area contributed by atoms with Crippen LogP contribution >= 0.6 is 23.6 Å². The highest BCUT2D eigenvalue weighted by atomic mass is 32.1. The molecule has 0 aliphatic carbocycles. The zero-order chi connectivity index (χ0) is 12.3. The monoisotopic (exact) mass is 257 g/mol. The molecule has 0 aromatic carbocycles. The third-order valence-electron chi connectivity index (χ3n) is 2.21. The molecule has 1 amide bonds. The molecule has 0 radical (unpaired) electrons. The summed E-state index contributed by atoms with van der Waals surface area (Å²) in [6, 6.07) is 0. The Morgan fingerprint density at radius 1 is 1.69 bits per heavy atom. The second kappa shape index (κ2) is 4.88. The van der Waals surface area contributed by atoms with Crippen molar-refractivity contribution in [1.82, 2.24) is 10.3 Å². The summed E-state index contributed by atoms with van der Waals surface area (Å²) in [5, 5.41) is 5.38. The molecule has 0 atom stereocenters. The van der Waals surface area contributed by atoms with E-state index in [1.54, 1.807) is 5.38 Å². The van der Waals surface area contributed by atoms with Gasteiger partial charge in [0.2, 0.25) is 0 Å². The van der Waals surface area contributed by atoms with Crippen LogP contribution < -0.4 is 11.1 Å². The Bertz CT molecular complexity index is 412. The smallest absolute Gasteiger partial charge is 0.270 e. The molecule has 0 spiro atoms. The first-order chi connectivity index (χ1) is 7.33. The highest BCUT2D eigenvalue weighted by Gasteiger charge is 2.22. The molecule has 0 fully saturated rings. The van der Waals surface area contributed by atoms with Crippen molar-refractivity contribution in [2.75, 3.05) is 6.54 Å². The molecule has 0 unspecified atom stereocenters. The molecule has 3 N–H and O–H groups in total. The molecular weight excluding hydrogens is 242 g/mol. The number of rotatable bonds is 4. The van der Waals surface area contributed by atoms with Gasteiger partial charge >= 0.3 is 0 Å². The summed E-state index contributed by atoms with van der Waals surface area (Å²) in [6.07, 6.45) is 0. The van der Waals surface area contributed by atoms with E-state index in [1.807, 2.05) is 20.8 Å². The first-order valence-corrected chi connectivity index (χ1v) is 6.12. The maximum atomic E-state index is 11.7. The quantitative estimate of drug-likeness (QED) is 0.802. The summed E-state index contributed by atoms with van der Waals surface area (Å²) in [7, 11) is 0. The second-order valence-corrected chi connectivity index (χ2v) is 5.68. The fourth-order valence-corrected chi connectivity index (χ4v) is 1.61. The van der Waals surface area contributed by atoms with Crippen molar-refractivity contribution >= 4 is 34.5 Å². The van der Waals surface area contributed by atoms with E-state index in [4.69, 9.17) is 18.0 Å². The molecule has 16 heavy (non-hydrogen) atoms. The number of carbonyl (C=O) groups excluding carboxylic acids is 1. The SMILES string of the molecule is Cc1nc(C(=O)NCC(C)(C)C(N)=S)cs1. The molecule has 0 bridgehead atoms. The first kappa shape index (κ1) is 13.1. The van der Waals surface area contributed by atoms with Crippen molar-refractivity contribution in [2.24, 2.45) is 11.1 Å². The summed E-state index contributed by atoms with van der Waals surface area (Å²) in [5.41, 5.74) is 5.63. The zero-order valence-electron chi connectivity index (χ0n) is 9.53. The Morgan fingerprint density at radius 2 is 2.31 bits per heavy atom. The fraction of sp³-hybridized carbons (Fsp3) is 0.500. The van der Waals surface area contributed by atoms with Crippen molar-refractivity contribution in [3.8, 4) is 0 Å². The van der Waals surface area contributed by atoms with Gasteiger partial charge in [-0.1, -0.05) is 26.1 Å². The van der Waals surface area contributed by atoms with Gasteiger partial charge in [0.25, 0.3) is 5.91 Å². The number of hydrogen-bond donors (Lipinski definition) is 2. The normalized spacial score (nSPS) is 11.2. The Kier molecular flexibility index (Phi) is 3.98. The highest BCUT2D eigenvalue weighted by molar-refractivity contribution is 7.80. The van der Waals surface area contributed by atoms with E-state index in [0.717, 1.165) is 5.01 Å². The third kappa shape index (κ3) is 3.24. The molecule has 1 heterocycles. The summed E-state index contributed by atoms with van der Waals surface area (Å²) < 4.78 is 0. The van der Waals surface area contributed by atoms with Gasteiger partial charge in [-0.2, -0.15) is 0 Å². The molecular formula is C10H15N3OS2. The maximum Gasteiger partial charge on any atom is 0.270 e. The minimum Gasteiger partial charge on any atom is -0.393 e. The lowest BCUT2D eigenvalue weighted by Crippen LogP contribution is -2.41. The number of thiocarbonyl (C=S) groups is 1. The Hall–Kier alpha value is -1.01. The van der Waals surface area contributed by atoms with Gasteiger partial charge in [0.15, 0.2) is 0 Å². The minimum absolute atomic E-state index is 0.186. The number of nitrogens with one attached hydrogen (secondary N) is 1. The van der Waals surface area contributed by atoms with Crippen molar-refractivity contribution in [2.45, 2.75) is 20.8 Å². The molecule has 1 aromatic rings.